The number of hydrogen-bond acceptors (Lipinski definition) is 2. The monoisotopic (exact) mass is 269 g/mol. The number of nitrogens with one attached hydrogen (secondary N) is 1. The van der Waals surface area contributed by atoms with Crippen molar-refractivity contribution in [1.29, 1.82) is 0 Å². The summed E-state index contributed by atoms with van der Waals surface area (Å²) in [6.07, 6.45) is 0. The second-order valence-corrected chi connectivity index (χ2v) is 4.63. The van der Waals surface area contributed by atoms with Crippen LogP contribution in [0.1, 0.15) is 15.9 Å². The molecule has 88 valence electrons. The number of amides is 1. The first kappa shape index (κ1) is 12.1. The predicted molar refractivity (Wildman–Crippen MR) is 66.9 cm³/mol. The number of hydrogen-bond donors (Lipinski definition) is 1. The van der Waals surface area contributed by atoms with Crippen LogP contribution in [0.4, 0.5) is 4.39 Å². The molecule has 1 aromatic heterocycles. The van der Waals surface area contributed by atoms with E-state index in [-0.39, 0.29) is 16.5 Å². The summed E-state index contributed by atoms with van der Waals surface area (Å²) in [4.78, 5) is 11.8. The van der Waals surface area contributed by atoms with Crippen molar-refractivity contribution in [2.24, 2.45) is 0 Å². The molecule has 5 heteroatoms. The van der Waals surface area contributed by atoms with Crippen LogP contribution in [0.2, 0.25) is 5.02 Å². The van der Waals surface area contributed by atoms with Crippen LogP contribution < -0.4 is 5.32 Å². The number of benzene rings is 1. The summed E-state index contributed by atoms with van der Waals surface area (Å²) < 4.78 is 12.8. The summed E-state index contributed by atoms with van der Waals surface area (Å²) in [5.41, 5.74) is 1.31. The quantitative estimate of drug-likeness (QED) is 0.908. The van der Waals surface area contributed by atoms with E-state index in [0.29, 0.717) is 6.54 Å². The number of thiophene rings is 1. The summed E-state index contributed by atoms with van der Waals surface area (Å²) >= 11 is 7.35. The number of rotatable bonds is 3. The summed E-state index contributed by atoms with van der Waals surface area (Å²) in [5, 5.41) is 6.73. The molecule has 1 heterocycles. The summed E-state index contributed by atoms with van der Waals surface area (Å²) in [5.74, 6) is -0.759. The van der Waals surface area contributed by atoms with Crippen molar-refractivity contribution in [1.82, 2.24) is 5.32 Å². The van der Waals surface area contributed by atoms with Gasteiger partial charge in [0.1, 0.15) is 5.82 Å². The van der Waals surface area contributed by atoms with Crippen LogP contribution in [0.15, 0.2) is 35.0 Å². The van der Waals surface area contributed by atoms with E-state index in [1.165, 1.54) is 12.1 Å². The lowest BCUT2D eigenvalue weighted by Crippen LogP contribution is -2.22. The zero-order chi connectivity index (χ0) is 12.3. The van der Waals surface area contributed by atoms with E-state index >= 15 is 0 Å². The van der Waals surface area contributed by atoms with Gasteiger partial charge in [-0.3, -0.25) is 4.79 Å². The van der Waals surface area contributed by atoms with Crippen LogP contribution in [0, 0.1) is 5.82 Å². The summed E-state index contributed by atoms with van der Waals surface area (Å²) in [6.45, 7) is 0.441. The molecule has 0 fully saturated rings. The molecule has 0 aliphatic carbocycles. The summed E-state index contributed by atoms with van der Waals surface area (Å²) in [7, 11) is 0. The Morgan fingerprint density at radius 1 is 1.41 bits per heavy atom. The highest BCUT2D eigenvalue weighted by molar-refractivity contribution is 7.07. The lowest BCUT2D eigenvalue weighted by Gasteiger charge is -2.05. The zero-order valence-corrected chi connectivity index (χ0v) is 10.3. The highest BCUT2D eigenvalue weighted by atomic mass is 35.5. The second kappa shape index (κ2) is 5.29. The average Bonchev–Trinajstić information content (AvgIpc) is 2.78. The Hall–Kier alpha value is -1.39. The van der Waals surface area contributed by atoms with Gasteiger partial charge in [-0.05, 0) is 40.6 Å². The number of carbonyl (C=O) groups excluding carboxylic acids is 1. The normalized spacial score (nSPS) is 10.2. The maximum Gasteiger partial charge on any atom is 0.253 e. The lowest BCUT2D eigenvalue weighted by molar-refractivity contribution is 0.0951. The van der Waals surface area contributed by atoms with Crippen molar-refractivity contribution in [3.05, 3.63) is 57.0 Å². The van der Waals surface area contributed by atoms with E-state index in [1.807, 2.05) is 16.8 Å². The minimum atomic E-state index is -0.454. The molecular formula is C12H9ClFNOS. The molecule has 1 aromatic carbocycles. The Kier molecular flexibility index (Phi) is 3.76. The van der Waals surface area contributed by atoms with Crippen LogP contribution in [0.3, 0.4) is 0 Å². The fourth-order valence-electron chi connectivity index (χ4n) is 1.34. The lowest BCUT2D eigenvalue weighted by atomic mass is 10.2. The molecule has 0 bridgehead atoms. The molecule has 2 aromatic rings. The molecule has 0 spiro atoms. The third kappa shape index (κ3) is 3.05. The van der Waals surface area contributed by atoms with E-state index in [9.17, 15) is 9.18 Å². The van der Waals surface area contributed by atoms with Gasteiger partial charge in [0.05, 0.1) is 10.6 Å². The van der Waals surface area contributed by atoms with Crippen LogP contribution in [0.25, 0.3) is 0 Å². The van der Waals surface area contributed by atoms with Crippen LogP contribution in [-0.4, -0.2) is 5.91 Å². The summed E-state index contributed by atoms with van der Waals surface area (Å²) in [6, 6.07) is 5.64. The molecule has 0 unspecified atom stereocenters. The highest BCUT2D eigenvalue weighted by Crippen LogP contribution is 2.17. The Morgan fingerprint density at radius 2 is 2.24 bits per heavy atom. The van der Waals surface area contributed by atoms with Gasteiger partial charge in [-0.1, -0.05) is 11.6 Å². The van der Waals surface area contributed by atoms with E-state index in [2.05, 4.69) is 5.32 Å². The van der Waals surface area contributed by atoms with E-state index in [4.69, 9.17) is 11.6 Å². The molecule has 2 nitrogen and oxygen atoms in total. The smallest absolute Gasteiger partial charge is 0.253 e. The van der Waals surface area contributed by atoms with Crippen molar-refractivity contribution in [3.63, 3.8) is 0 Å². The number of halogens is 2. The van der Waals surface area contributed by atoms with Gasteiger partial charge >= 0.3 is 0 Å². The molecule has 2 rings (SSSR count). The maximum atomic E-state index is 12.8. The Labute approximate surface area is 107 Å². The van der Waals surface area contributed by atoms with Crippen molar-refractivity contribution in [3.8, 4) is 0 Å². The molecule has 0 saturated heterocycles. The average molecular weight is 270 g/mol. The topological polar surface area (TPSA) is 29.1 Å². The fraction of sp³-hybridized carbons (Fsp3) is 0.0833. The van der Waals surface area contributed by atoms with Crippen molar-refractivity contribution < 1.29 is 9.18 Å². The minimum Gasteiger partial charge on any atom is -0.348 e. The van der Waals surface area contributed by atoms with Crippen molar-refractivity contribution >= 4 is 28.8 Å². The van der Waals surface area contributed by atoms with Gasteiger partial charge < -0.3 is 5.32 Å². The number of carbonyl (C=O) groups is 1. The van der Waals surface area contributed by atoms with Crippen molar-refractivity contribution in [2.45, 2.75) is 6.54 Å². The van der Waals surface area contributed by atoms with Crippen LogP contribution in [-0.2, 0) is 6.54 Å². The van der Waals surface area contributed by atoms with Crippen molar-refractivity contribution in [2.75, 3.05) is 0 Å². The van der Waals surface area contributed by atoms with Gasteiger partial charge in [0.15, 0.2) is 0 Å². The van der Waals surface area contributed by atoms with Crippen LogP contribution >= 0.6 is 22.9 Å². The zero-order valence-electron chi connectivity index (χ0n) is 8.74. The molecule has 0 aliphatic heterocycles. The molecule has 0 radical (unpaired) electrons. The standard InChI is InChI=1S/C12H9ClFNOS/c13-11-5-9(14)1-2-10(11)12(16)15-6-8-3-4-17-7-8/h1-5,7H,6H2,(H,15,16). The third-order valence-corrected chi connectivity index (χ3v) is 3.25. The van der Waals surface area contributed by atoms with Gasteiger partial charge in [-0.15, -0.1) is 0 Å². The minimum absolute atomic E-state index is 0.118. The molecular weight excluding hydrogens is 261 g/mol. The second-order valence-electron chi connectivity index (χ2n) is 3.44. The van der Waals surface area contributed by atoms with E-state index in [1.54, 1.807) is 11.3 Å². The fourth-order valence-corrected chi connectivity index (χ4v) is 2.27. The third-order valence-electron chi connectivity index (χ3n) is 2.21. The Morgan fingerprint density at radius 3 is 2.88 bits per heavy atom. The van der Waals surface area contributed by atoms with E-state index < -0.39 is 5.82 Å². The Bertz CT molecular complexity index is 527. The van der Waals surface area contributed by atoms with E-state index in [0.717, 1.165) is 11.6 Å². The first-order valence-electron chi connectivity index (χ1n) is 4.91. The molecule has 1 amide bonds. The highest BCUT2D eigenvalue weighted by Gasteiger charge is 2.10. The maximum absolute atomic E-state index is 12.8. The molecule has 0 atom stereocenters. The van der Waals surface area contributed by atoms with Gasteiger partial charge in [0.25, 0.3) is 5.91 Å². The molecule has 1 N–H and O–H groups in total. The molecule has 0 aliphatic rings. The Balaban J connectivity index is 2.04. The van der Waals surface area contributed by atoms with Gasteiger partial charge in [-0.2, -0.15) is 11.3 Å². The first-order chi connectivity index (χ1) is 8.16. The molecule has 0 saturated carbocycles. The van der Waals surface area contributed by atoms with Crippen LogP contribution in [0.5, 0.6) is 0 Å². The largest absolute Gasteiger partial charge is 0.348 e. The first-order valence-corrected chi connectivity index (χ1v) is 6.23. The SMILES string of the molecule is O=C(NCc1ccsc1)c1ccc(F)cc1Cl. The van der Waals surface area contributed by atoms with Gasteiger partial charge in [-0.25, -0.2) is 4.39 Å². The van der Waals surface area contributed by atoms with Gasteiger partial charge in [0, 0.05) is 6.54 Å². The predicted octanol–water partition coefficient (Wildman–Crippen LogP) is 3.47. The molecule has 17 heavy (non-hydrogen) atoms. The van der Waals surface area contributed by atoms with Gasteiger partial charge in [0.2, 0.25) is 0 Å².